The molecule has 0 aromatic heterocycles. The zero-order valence-electron chi connectivity index (χ0n) is 8.81. The minimum absolute atomic E-state index is 0.576. The predicted octanol–water partition coefficient (Wildman–Crippen LogP) is 1.46. The normalized spacial score (nSPS) is 17.3. The lowest BCUT2D eigenvalue weighted by Gasteiger charge is -2.21. The van der Waals surface area contributed by atoms with Crippen molar-refractivity contribution in [3.05, 3.63) is 24.3 Å². The van der Waals surface area contributed by atoms with Gasteiger partial charge in [0.2, 0.25) is 0 Å². The highest BCUT2D eigenvalue weighted by atomic mass is 16.6. The van der Waals surface area contributed by atoms with Crippen LogP contribution in [0.5, 0.6) is 5.75 Å². The lowest BCUT2D eigenvalue weighted by molar-refractivity contribution is 0.103. The van der Waals surface area contributed by atoms with Gasteiger partial charge >= 0.3 is 0 Å². The zero-order chi connectivity index (χ0) is 10.5. The Balaban J connectivity index is 2.06. The van der Waals surface area contributed by atoms with Crippen LogP contribution in [0.15, 0.2) is 24.3 Å². The van der Waals surface area contributed by atoms with E-state index in [1.54, 1.807) is 7.11 Å². The lowest BCUT2D eigenvalue weighted by Crippen LogP contribution is -2.25. The summed E-state index contributed by atoms with van der Waals surface area (Å²) in [6.07, 6.45) is 0. The highest BCUT2D eigenvalue weighted by Gasteiger charge is 2.09. The van der Waals surface area contributed by atoms with Gasteiger partial charge in [-0.1, -0.05) is 0 Å². The van der Waals surface area contributed by atoms with E-state index in [2.05, 4.69) is 0 Å². The summed E-state index contributed by atoms with van der Waals surface area (Å²) in [7, 11) is 1.66. The highest BCUT2D eigenvalue weighted by Crippen LogP contribution is 2.19. The van der Waals surface area contributed by atoms with E-state index < -0.39 is 0 Å². The molecule has 15 heavy (non-hydrogen) atoms. The van der Waals surface area contributed by atoms with E-state index in [9.17, 15) is 0 Å². The Kier molecular flexibility index (Phi) is 3.42. The summed E-state index contributed by atoms with van der Waals surface area (Å²) < 4.78 is 15.9. The van der Waals surface area contributed by atoms with Crippen molar-refractivity contribution in [2.75, 3.05) is 38.7 Å². The Bertz CT molecular complexity index is 291. The highest BCUT2D eigenvalue weighted by molar-refractivity contribution is 5.48. The zero-order valence-corrected chi connectivity index (χ0v) is 8.81. The molecule has 0 saturated carbocycles. The van der Waals surface area contributed by atoms with Gasteiger partial charge in [0.1, 0.15) is 19.2 Å². The number of benzene rings is 1. The molecule has 82 valence electrons. The maximum Gasteiger partial charge on any atom is 0.121 e. The molecule has 0 bridgehead atoms. The SMILES string of the molecule is COc1ccc(N2COCCOC2)cc1. The van der Waals surface area contributed by atoms with E-state index in [0.29, 0.717) is 26.7 Å². The van der Waals surface area contributed by atoms with Crippen molar-refractivity contribution in [2.45, 2.75) is 0 Å². The van der Waals surface area contributed by atoms with E-state index >= 15 is 0 Å². The summed E-state index contributed by atoms with van der Waals surface area (Å²) in [6, 6.07) is 7.86. The van der Waals surface area contributed by atoms with Gasteiger partial charge in [-0.15, -0.1) is 0 Å². The van der Waals surface area contributed by atoms with Crippen LogP contribution in [0, 0.1) is 0 Å². The molecule has 4 nitrogen and oxygen atoms in total. The molecule has 1 saturated heterocycles. The number of hydrogen-bond donors (Lipinski definition) is 0. The Hall–Kier alpha value is -1.26. The Morgan fingerprint density at radius 1 is 1.07 bits per heavy atom. The van der Waals surface area contributed by atoms with Crippen molar-refractivity contribution in [3.8, 4) is 5.75 Å². The second kappa shape index (κ2) is 5.00. The van der Waals surface area contributed by atoms with Gasteiger partial charge in [0, 0.05) is 5.69 Å². The molecule has 0 N–H and O–H groups in total. The largest absolute Gasteiger partial charge is 0.497 e. The van der Waals surface area contributed by atoms with Gasteiger partial charge in [-0.25, -0.2) is 0 Å². The Morgan fingerprint density at radius 2 is 1.67 bits per heavy atom. The second-order valence-electron chi connectivity index (χ2n) is 3.31. The molecule has 0 spiro atoms. The van der Waals surface area contributed by atoms with E-state index in [1.807, 2.05) is 29.2 Å². The molecule has 1 aromatic carbocycles. The molecule has 1 aromatic rings. The molecule has 0 aliphatic carbocycles. The average molecular weight is 209 g/mol. The van der Waals surface area contributed by atoms with Gasteiger partial charge in [-0.05, 0) is 24.3 Å². The fourth-order valence-electron chi connectivity index (χ4n) is 1.45. The standard InChI is InChI=1S/C11H15NO3/c1-13-11-4-2-10(3-5-11)12-8-14-6-7-15-9-12/h2-5H,6-9H2,1H3. The number of methoxy groups -OCH3 is 1. The maximum atomic E-state index is 5.39. The molecule has 4 heteroatoms. The van der Waals surface area contributed by atoms with Crippen LogP contribution < -0.4 is 9.64 Å². The Labute approximate surface area is 89.4 Å². The molecule has 1 aliphatic heterocycles. The van der Waals surface area contributed by atoms with Crippen molar-refractivity contribution < 1.29 is 14.2 Å². The topological polar surface area (TPSA) is 30.9 Å². The van der Waals surface area contributed by atoms with Gasteiger partial charge in [0.15, 0.2) is 0 Å². The first-order chi connectivity index (χ1) is 7.40. The smallest absolute Gasteiger partial charge is 0.121 e. The molecule has 0 unspecified atom stereocenters. The van der Waals surface area contributed by atoms with Crippen molar-refractivity contribution in [1.82, 2.24) is 0 Å². The van der Waals surface area contributed by atoms with Gasteiger partial charge in [0.05, 0.1) is 20.3 Å². The number of anilines is 1. The van der Waals surface area contributed by atoms with E-state index in [4.69, 9.17) is 14.2 Å². The third kappa shape index (κ3) is 2.61. The number of hydrogen-bond acceptors (Lipinski definition) is 4. The van der Waals surface area contributed by atoms with E-state index in [0.717, 1.165) is 11.4 Å². The third-order valence-corrected chi connectivity index (χ3v) is 2.30. The number of nitrogens with zero attached hydrogens (tertiary/aromatic N) is 1. The first-order valence-corrected chi connectivity index (χ1v) is 4.94. The van der Waals surface area contributed by atoms with Crippen molar-refractivity contribution >= 4 is 5.69 Å². The second-order valence-corrected chi connectivity index (χ2v) is 3.31. The van der Waals surface area contributed by atoms with Gasteiger partial charge in [-0.3, -0.25) is 0 Å². The minimum Gasteiger partial charge on any atom is -0.497 e. The van der Waals surface area contributed by atoms with Crippen LogP contribution in [0.3, 0.4) is 0 Å². The summed E-state index contributed by atoms with van der Waals surface area (Å²) in [4.78, 5) is 2.03. The number of ether oxygens (including phenoxy) is 3. The molecular formula is C11H15NO3. The lowest BCUT2D eigenvalue weighted by atomic mass is 10.3. The molecular weight excluding hydrogens is 194 g/mol. The first kappa shape index (κ1) is 10.3. The fourth-order valence-corrected chi connectivity index (χ4v) is 1.45. The molecule has 1 heterocycles. The van der Waals surface area contributed by atoms with Crippen molar-refractivity contribution in [2.24, 2.45) is 0 Å². The summed E-state index contributed by atoms with van der Waals surface area (Å²) >= 11 is 0. The van der Waals surface area contributed by atoms with Crippen LogP contribution in [0.1, 0.15) is 0 Å². The maximum absolute atomic E-state index is 5.39. The van der Waals surface area contributed by atoms with Crippen LogP contribution in [-0.4, -0.2) is 33.8 Å². The molecule has 2 rings (SSSR count). The van der Waals surface area contributed by atoms with Crippen molar-refractivity contribution in [1.29, 1.82) is 0 Å². The summed E-state index contributed by atoms with van der Waals surface area (Å²) in [5, 5.41) is 0. The summed E-state index contributed by atoms with van der Waals surface area (Å²) in [5.74, 6) is 0.857. The third-order valence-electron chi connectivity index (χ3n) is 2.30. The monoisotopic (exact) mass is 209 g/mol. The predicted molar refractivity (Wildman–Crippen MR) is 57.1 cm³/mol. The molecule has 0 amide bonds. The van der Waals surface area contributed by atoms with E-state index in [-0.39, 0.29) is 0 Å². The van der Waals surface area contributed by atoms with Crippen LogP contribution in [0.4, 0.5) is 5.69 Å². The van der Waals surface area contributed by atoms with Crippen LogP contribution in [0.25, 0.3) is 0 Å². The van der Waals surface area contributed by atoms with Gasteiger partial charge in [0.25, 0.3) is 0 Å². The quantitative estimate of drug-likeness (QED) is 0.738. The fraction of sp³-hybridized carbons (Fsp3) is 0.455. The summed E-state index contributed by atoms with van der Waals surface area (Å²) in [6.45, 7) is 2.47. The molecule has 1 aliphatic rings. The van der Waals surface area contributed by atoms with Gasteiger partial charge < -0.3 is 19.1 Å². The molecule has 0 atom stereocenters. The first-order valence-electron chi connectivity index (χ1n) is 4.94. The van der Waals surface area contributed by atoms with Gasteiger partial charge in [-0.2, -0.15) is 0 Å². The van der Waals surface area contributed by atoms with Crippen LogP contribution in [-0.2, 0) is 9.47 Å². The number of rotatable bonds is 2. The molecule has 0 radical (unpaired) electrons. The van der Waals surface area contributed by atoms with Crippen LogP contribution >= 0.6 is 0 Å². The van der Waals surface area contributed by atoms with Crippen LogP contribution in [0.2, 0.25) is 0 Å². The molecule has 1 fully saturated rings. The average Bonchev–Trinajstić information content (AvgIpc) is 2.58. The summed E-state index contributed by atoms with van der Waals surface area (Å²) in [5.41, 5.74) is 1.08. The minimum atomic E-state index is 0.576. The van der Waals surface area contributed by atoms with Crippen molar-refractivity contribution in [3.63, 3.8) is 0 Å². The van der Waals surface area contributed by atoms with E-state index in [1.165, 1.54) is 0 Å². The Morgan fingerprint density at radius 3 is 2.20 bits per heavy atom.